The van der Waals surface area contributed by atoms with Gasteiger partial charge in [-0.3, -0.25) is 13.9 Å². The Hall–Kier alpha value is -2.17. The molecule has 7 nitrogen and oxygen atoms in total. The molecule has 0 unspecified atom stereocenters. The van der Waals surface area contributed by atoms with E-state index in [1.807, 2.05) is 0 Å². The van der Waals surface area contributed by atoms with Gasteiger partial charge in [-0.1, -0.05) is 11.6 Å². The lowest BCUT2D eigenvalue weighted by atomic mass is 10.1. The van der Waals surface area contributed by atoms with Crippen molar-refractivity contribution in [1.29, 1.82) is 0 Å². The van der Waals surface area contributed by atoms with Gasteiger partial charge in [0.25, 0.3) is 11.8 Å². The molecule has 0 bridgehead atoms. The molecular formula is C21H23ClFN3O4S2. The number of hydrogen-bond donors (Lipinski definition) is 2. The second-order valence-electron chi connectivity index (χ2n) is 7.95. The second-order valence-corrected chi connectivity index (χ2v) is 11.7. The van der Waals surface area contributed by atoms with E-state index in [0.29, 0.717) is 41.4 Å². The zero-order valence-electron chi connectivity index (χ0n) is 17.1. The highest BCUT2D eigenvalue weighted by Gasteiger charge is 2.32. The van der Waals surface area contributed by atoms with Crippen molar-refractivity contribution in [1.82, 2.24) is 10.6 Å². The molecule has 0 spiro atoms. The fraction of sp³-hybridized carbons (Fsp3) is 0.429. The van der Waals surface area contributed by atoms with E-state index in [1.54, 1.807) is 12.1 Å². The number of sulfonamides is 1. The van der Waals surface area contributed by atoms with Crippen molar-refractivity contribution in [2.45, 2.75) is 44.2 Å². The summed E-state index contributed by atoms with van der Waals surface area (Å²) < 4.78 is 41.0. The molecule has 2 N–H and O–H groups in total. The number of carbonyl (C=O) groups is 2. The van der Waals surface area contributed by atoms with E-state index in [1.165, 1.54) is 27.8 Å². The third kappa shape index (κ3) is 4.92. The maximum Gasteiger partial charge on any atom is 0.261 e. The van der Waals surface area contributed by atoms with Crippen molar-refractivity contribution in [2.24, 2.45) is 0 Å². The molecule has 0 radical (unpaired) electrons. The number of amides is 2. The zero-order chi connectivity index (χ0) is 22.9. The molecule has 2 aliphatic rings. The van der Waals surface area contributed by atoms with Crippen LogP contribution >= 0.6 is 22.9 Å². The molecule has 1 aliphatic heterocycles. The average molecular weight is 500 g/mol. The standard InChI is InChI=1S/C21H23ClFN3O4S2/c22-19-9-8-18(31-19)21(28)25-17-5-3-4-16(17)24-20(27)14-7-6-13(12-15(14)23)26-10-1-2-11-32(26,29)30/h6-9,12,16-17H,1-5,10-11H2,(H,24,27)(H,25,28)/t16-,17+/m0/s1. The van der Waals surface area contributed by atoms with Gasteiger partial charge in [0.05, 0.1) is 26.2 Å². The van der Waals surface area contributed by atoms with Crippen molar-refractivity contribution < 1.29 is 22.4 Å². The first kappa shape index (κ1) is 23.0. The Labute approximate surface area is 195 Å². The van der Waals surface area contributed by atoms with E-state index in [9.17, 15) is 22.4 Å². The largest absolute Gasteiger partial charge is 0.347 e. The maximum absolute atomic E-state index is 14.7. The smallest absolute Gasteiger partial charge is 0.261 e. The number of rotatable bonds is 5. The predicted octanol–water partition coefficient (Wildman–Crippen LogP) is 3.55. The number of anilines is 1. The van der Waals surface area contributed by atoms with Gasteiger partial charge in [-0.05, 0) is 62.4 Å². The van der Waals surface area contributed by atoms with Crippen LogP contribution in [0.15, 0.2) is 30.3 Å². The van der Waals surface area contributed by atoms with Crippen LogP contribution in [0, 0.1) is 5.82 Å². The van der Waals surface area contributed by atoms with Crippen LogP contribution in [0.3, 0.4) is 0 Å². The van der Waals surface area contributed by atoms with Gasteiger partial charge in [0.2, 0.25) is 10.0 Å². The molecular weight excluding hydrogens is 477 g/mol. The molecule has 2 atom stereocenters. The molecule has 2 aromatic rings. The number of nitrogens with zero attached hydrogens (tertiary/aromatic N) is 1. The molecule has 2 fully saturated rings. The molecule has 1 aromatic carbocycles. The highest BCUT2D eigenvalue weighted by molar-refractivity contribution is 7.92. The summed E-state index contributed by atoms with van der Waals surface area (Å²) in [5.74, 6) is -1.61. The zero-order valence-corrected chi connectivity index (χ0v) is 19.5. The SMILES string of the molecule is O=C(N[C@@H]1CCC[C@@H]1NC(=O)c1ccc(N2CCCCS2(=O)=O)cc1F)c1ccc(Cl)s1. The van der Waals surface area contributed by atoms with Crippen LogP contribution in [0.4, 0.5) is 10.1 Å². The van der Waals surface area contributed by atoms with Gasteiger partial charge in [0.15, 0.2) is 0 Å². The minimum Gasteiger partial charge on any atom is -0.347 e. The highest BCUT2D eigenvalue weighted by Crippen LogP contribution is 2.27. The summed E-state index contributed by atoms with van der Waals surface area (Å²) in [6.07, 6.45) is 3.46. The summed E-state index contributed by atoms with van der Waals surface area (Å²) in [4.78, 5) is 25.6. The predicted molar refractivity (Wildman–Crippen MR) is 122 cm³/mol. The summed E-state index contributed by atoms with van der Waals surface area (Å²) in [7, 11) is -3.47. The Morgan fingerprint density at radius 2 is 1.75 bits per heavy atom. The lowest BCUT2D eigenvalue weighted by Crippen LogP contribution is -2.48. The van der Waals surface area contributed by atoms with Crippen LogP contribution in [-0.4, -0.2) is 44.6 Å². The molecule has 172 valence electrons. The molecule has 32 heavy (non-hydrogen) atoms. The van der Waals surface area contributed by atoms with Gasteiger partial charge >= 0.3 is 0 Å². The van der Waals surface area contributed by atoms with E-state index >= 15 is 0 Å². The lowest BCUT2D eigenvalue weighted by Gasteiger charge is -2.28. The first-order chi connectivity index (χ1) is 15.2. The summed E-state index contributed by atoms with van der Waals surface area (Å²) in [5, 5.41) is 5.74. The van der Waals surface area contributed by atoms with E-state index < -0.39 is 21.7 Å². The van der Waals surface area contributed by atoms with Gasteiger partial charge in [-0.25, -0.2) is 12.8 Å². The normalized spacial score (nSPS) is 22.5. The molecule has 4 rings (SSSR count). The second kappa shape index (κ2) is 9.36. The third-order valence-electron chi connectivity index (χ3n) is 5.78. The Morgan fingerprint density at radius 3 is 2.38 bits per heavy atom. The fourth-order valence-corrected chi connectivity index (χ4v) is 6.73. The van der Waals surface area contributed by atoms with Crippen molar-refractivity contribution >= 4 is 50.5 Å². The number of benzene rings is 1. The Kier molecular flexibility index (Phi) is 6.73. The topological polar surface area (TPSA) is 95.6 Å². The van der Waals surface area contributed by atoms with Crippen LogP contribution in [0.5, 0.6) is 0 Å². The number of thiophene rings is 1. The van der Waals surface area contributed by atoms with E-state index in [-0.39, 0.29) is 35.0 Å². The fourth-order valence-electron chi connectivity index (χ4n) is 4.15. The first-order valence-corrected chi connectivity index (χ1v) is 13.2. The Bertz CT molecular complexity index is 1140. The molecule has 1 aliphatic carbocycles. The lowest BCUT2D eigenvalue weighted by molar-refractivity contribution is 0.0891. The van der Waals surface area contributed by atoms with Gasteiger partial charge in [-0.15, -0.1) is 11.3 Å². The van der Waals surface area contributed by atoms with Gasteiger partial charge in [0, 0.05) is 18.6 Å². The minimum absolute atomic E-state index is 0.0311. The number of nitrogens with one attached hydrogen (secondary N) is 2. The van der Waals surface area contributed by atoms with Crippen LogP contribution < -0.4 is 14.9 Å². The molecule has 2 heterocycles. The molecule has 11 heteroatoms. The monoisotopic (exact) mass is 499 g/mol. The van der Waals surface area contributed by atoms with Crippen LogP contribution in [0.25, 0.3) is 0 Å². The van der Waals surface area contributed by atoms with Crippen molar-refractivity contribution in [3.63, 3.8) is 0 Å². The molecule has 2 amide bonds. The Balaban J connectivity index is 1.43. The van der Waals surface area contributed by atoms with E-state index in [4.69, 9.17) is 11.6 Å². The van der Waals surface area contributed by atoms with Crippen molar-refractivity contribution in [3.05, 3.63) is 50.9 Å². The highest BCUT2D eigenvalue weighted by atomic mass is 35.5. The Morgan fingerprint density at radius 1 is 1.03 bits per heavy atom. The third-order valence-corrected chi connectivity index (χ3v) is 8.88. The quantitative estimate of drug-likeness (QED) is 0.657. The number of hydrogen-bond acceptors (Lipinski definition) is 5. The van der Waals surface area contributed by atoms with Gasteiger partial charge < -0.3 is 10.6 Å². The molecule has 1 saturated heterocycles. The van der Waals surface area contributed by atoms with E-state index in [2.05, 4.69) is 10.6 Å². The first-order valence-electron chi connectivity index (χ1n) is 10.4. The van der Waals surface area contributed by atoms with Gasteiger partial charge in [-0.2, -0.15) is 0 Å². The summed E-state index contributed by atoms with van der Waals surface area (Å²) in [6.45, 7) is 0.298. The van der Waals surface area contributed by atoms with Crippen LogP contribution in [-0.2, 0) is 10.0 Å². The summed E-state index contributed by atoms with van der Waals surface area (Å²) in [5.41, 5.74) is 0.0598. The van der Waals surface area contributed by atoms with Crippen molar-refractivity contribution in [2.75, 3.05) is 16.6 Å². The van der Waals surface area contributed by atoms with Gasteiger partial charge in [0.1, 0.15) is 5.82 Å². The molecule has 1 aromatic heterocycles. The maximum atomic E-state index is 14.7. The van der Waals surface area contributed by atoms with E-state index in [0.717, 1.165) is 12.5 Å². The summed E-state index contributed by atoms with van der Waals surface area (Å²) >= 11 is 7.06. The molecule has 1 saturated carbocycles. The number of carbonyl (C=O) groups excluding carboxylic acids is 2. The van der Waals surface area contributed by atoms with Crippen molar-refractivity contribution in [3.8, 4) is 0 Å². The van der Waals surface area contributed by atoms with Crippen LogP contribution in [0.2, 0.25) is 4.34 Å². The minimum atomic E-state index is -3.47. The number of halogens is 2. The summed E-state index contributed by atoms with van der Waals surface area (Å²) in [6, 6.07) is 6.54. The average Bonchev–Trinajstić information content (AvgIpc) is 3.36. The van der Waals surface area contributed by atoms with Crippen LogP contribution in [0.1, 0.15) is 52.1 Å².